The minimum absolute atomic E-state index is 0.0950. The van der Waals surface area contributed by atoms with Gasteiger partial charge in [0.05, 0.1) is 23.3 Å². The maximum atomic E-state index is 12.1. The van der Waals surface area contributed by atoms with Gasteiger partial charge in [-0.05, 0) is 36.5 Å². The maximum absolute atomic E-state index is 12.1. The third-order valence-electron chi connectivity index (χ3n) is 4.38. The quantitative estimate of drug-likeness (QED) is 0.306. The average Bonchev–Trinajstić information content (AvgIpc) is 2.72. The van der Waals surface area contributed by atoms with Crippen molar-refractivity contribution in [1.82, 2.24) is 0 Å². The molecule has 0 atom stereocenters. The first kappa shape index (κ1) is 22.4. The van der Waals surface area contributed by atoms with Gasteiger partial charge in [0.2, 0.25) is 0 Å². The number of unbranched alkanes of at least 4 members (excludes halogenated alkanes) is 1. The first-order valence-electron chi connectivity index (χ1n) is 9.02. The lowest BCUT2D eigenvalue weighted by atomic mass is 9.85. The van der Waals surface area contributed by atoms with Crippen molar-refractivity contribution in [2.45, 2.75) is 19.3 Å². The molecule has 0 saturated heterocycles. The van der Waals surface area contributed by atoms with E-state index in [1.807, 2.05) is 0 Å². The van der Waals surface area contributed by atoms with Gasteiger partial charge >= 0.3 is 23.9 Å². The molecular formula is C22H20O8. The Balaban J connectivity index is 2.56. The fourth-order valence-electron chi connectivity index (χ4n) is 3.11. The lowest BCUT2D eigenvalue weighted by Crippen LogP contribution is -2.16. The minimum Gasteiger partial charge on any atom is -0.478 e. The van der Waals surface area contributed by atoms with Crippen LogP contribution in [-0.2, 0) is 16.0 Å². The molecule has 0 aliphatic heterocycles. The highest BCUT2D eigenvalue weighted by Crippen LogP contribution is 2.34. The van der Waals surface area contributed by atoms with Crippen LogP contribution < -0.4 is 0 Å². The summed E-state index contributed by atoms with van der Waals surface area (Å²) >= 11 is 0. The molecule has 8 heteroatoms. The molecule has 2 rings (SSSR count). The third-order valence-corrected chi connectivity index (χ3v) is 4.38. The normalized spacial score (nSPS) is 10.3. The topological polar surface area (TPSA) is 138 Å². The summed E-state index contributed by atoms with van der Waals surface area (Å²) in [5, 5.41) is 29.1. The molecule has 0 unspecified atom stereocenters. The van der Waals surface area contributed by atoms with Crippen molar-refractivity contribution in [3.8, 4) is 11.1 Å². The summed E-state index contributed by atoms with van der Waals surface area (Å²) in [5.41, 5.74) is -0.986. The molecule has 0 radical (unpaired) electrons. The van der Waals surface area contributed by atoms with Gasteiger partial charge in [-0.15, -0.1) is 0 Å². The van der Waals surface area contributed by atoms with Gasteiger partial charge in [-0.1, -0.05) is 36.9 Å². The maximum Gasteiger partial charge on any atom is 0.337 e. The number of carbonyl (C=O) groups excluding carboxylic acids is 1. The monoisotopic (exact) mass is 412 g/mol. The number of carboxylic acids is 3. The van der Waals surface area contributed by atoms with E-state index < -0.39 is 35.0 Å². The smallest absolute Gasteiger partial charge is 0.337 e. The van der Waals surface area contributed by atoms with Crippen molar-refractivity contribution in [1.29, 1.82) is 0 Å². The van der Waals surface area contributed by atoms with E-state index >= 15 is 0 Å². The Hall–Kier alpha value is -3.94. The zero-order chi connectivity index (χ0) is 22.3. The van der Waals surface area contributed by atoms with Gasteiger partial charge in [0.1, 0.15) is 0 Å². The van der Waals surface area contributed by atoms with Gasteiger partial charge in [-0.3, -0.25) is 0 Å². The highest BCUT2D eigenvalue weighted by molar-refractivity contribution is 6.12. The Morgan fingerprint density at radius 1 is 0.900 bits per heavy atom. The molecule has 3 N–H and O–H groups in total. The fourth-order valence-corrected chi connectivity index (χ4v) is 3.11. The van der Waals surface area contributed by atoms with Crippen LogP contribution >= 0.6 is 0 Å². The van der Waals surface area contributed by atoms with Crippen LogP contribution in [0.15, 0.2) is 49.1 Å². The lowest BCUT2D eigenvalue weighted by molar-refractivity contribution is -0.137. The van der Waals surface area contributed by atoms with Crippen molar-refractivity contribution >= 4 is 23.9 Å². The number of carboxylic acid groups (broad SMARTS) is 3. The molecule has 0 aromatic heterocycles. The Bertz CT molecular complexity index is 992. The predicted molar refractivity (Wildman–Crippen MR) is 107 cm³/mol. The first-order valence-corrected chi connectivity index (χ1v) is 9.02. The largest absolute Gasteiger partial charge is 0.478 e. The Labute approximate surface area is 172 Å². The number of hydrogen-bond donors (Lipinski definition) is 3. The number of ether oxygens (including phenoxy) is 1. The number of hydrogen-bond acceptors (Lipinski definition) is 5. The second-order valence-electron chi connectivity index (χ2n) is 6.32. The fraction of sp³-hybridized carbons (Fsp3) is 0.182. The van der Waals surface area contributed by atoms with Gasteiger partial charge in [-0.25, -0.2) is 19.2 Å². The zero-order valence-corrected chi connectivity index (χ0v) is 16.0. The van der Waals surface area contributed by atoms with Crippen molar-refractivity contribution < 1.29 is 39.2 Å². The number of benzene rings is 2. The number of aromatic carboxylic acids is 3. The van der Waals surface area contributed by atoms with Gasteiger partial charge < -0.3 is 20.1 Å². The summed E-state index contributed by atoms with van der Waals surface area (Å²) in [7, 11) is 0. The number of aryl methyl sites for hydroxylation is 1. The van der Waals surface area contributed by atoms with Crippen LogP contribution in [0.4, 0.5) is 0 Å². The van der Waals surface area contributed by atoms with Crippen LogP contribution in [0, 0.1) is 0 Å². The lowest BCUT2D eigenvalue weighted by Gasteiger charge is -2.17. The van der Waals surface area contributed by atoms with E-state index in [9.17, 15) is 34.5 Å². The molecule has 0 saturated carbocycles. The van der Waals surface area contributed by atoms with Crippen LogP contribution in [-0.4, -0.2) is 45.8 Å². The zero-order valence-electron chi connectivity index (χ0n) is 16.0. The SMILES string of the molecule is C=CC(=O)OCCCCc1cc(C(=O)O)c(C(=O)O)c(-c2ccccc2)c1C(=O)O. The predicted octanol–water partition coefficient (Wildman–Crippen LogP) is 3.50. The Kier molecular flexibility index (Phi) is 7.46. The molecule has 2 aromatic rings. The molecule has 0 bridgehead atoms. The van der Waals surface area contributed by atoms with Crippen LogP contribution in [0.2, 0.25) is 0 Å². The van der Waals surface area contributed by atoms with Crippen molar-refractivity contribution in [3.05, 3.63) is 71.3 Å². The van der Waals surface area contributed by atoms with E-state index in [1.165, 1.54) is 12.1 Å². The number of esters is 1. The molecule has 156 valence electrons. The molecule has 2 aromatic carbocycles. The second kappa shape index (κ2) is 10.0. The Morgan fingerprint density at radius 3 is 2.07 bits per heavy atom. The molecule has 0 amide bonds. The van der Waals surface area contributed by atoms with Crippen molar-refractivity contribution in [2.24, 2.45) is 0 Å². The second-order valence-corrected chi connectivity index (χ2v) is 6.32. The summed E-state index contributed by atoms with van der Waals surface area (Å²) in [6.45, 7) is 3.38. The van der Waals surface area contributed by atoms with E-state index in [4.69, 9.17) is 4.74 Å². The summed E-state index contributed by atoms with van der Waals surface area (Å²) < 4.78 is 4.87. The highest BCUT2D eigenvalue weighted by Gasteiger charge is 2.29. The molecule has 0 aliphatic rings. The van der Waals surface area contributed by atoms with Crippen LogP contribution in [0.3, 0.4) is 0 Å². The van der Waals surface area contributed by atoms with Crippen molar-refractivity contribution in [3.63, 3.8) is 0 Å². The molecule has 0 aliphatic carbocycles. The van der Waals surface area contributed by atoms with Gasteiger partial charge in [0.15, 0.2) is 0 Å². The van der Waals surface area contributed by atoms with E-state index in [1.54, 1.807) is 18.2 Å². The van der Waals surface area contributed by atoms with Crippen LogP contribution in [0.1, 0.15) is 49.5 Å². The molecular weight excluding hydrogens is 392 g/mol. The summed E-state index contributed by atoms with van der Waals surface area (Å²) in [6.07, 6.45) is 1.98. The van der Waals surface area contributed by atoms with E-state index in [-0.39, 0.29) is 35.3 Å². The molecule has 0 fully saturated rings. The van der Waals surface area contributed by atoms with E-state index in [0.29, 0.717) is 12.8 Å². The van der Waals surface area contributed by atoms with Crippen LogP contribution in [0.25, 0.3) is 11.1 Å². The van der Waals surface area contributed by atoms with Gasteiger partial charge in [0.25, 0.3) is 0 Å². The standard InChI is InChI=1S/C22H20O8/c1-2-16(23)30-11-7-6-10-14-12-15(20(24)25)19(22(28)29)17(18(14)21(26)27)13-8-4-3-5-9-13/h2-5,8-9,12H,1,6-7,10-11H2,(H,24,25)(H,26,27)(H,28,29). The first-order chi connectivity index (χ1) is 14.3. The molecule has 30 heavy (non-hydrogen) atoms. The van der Waals surface area contributed by atoms with Gasteiger partial charge in [0, 0.05) is 11.6 Å². The summed E-state index contributed by atoms with van der Waals surface area (Å²) in [5.74, 6) is -4.94. The summed E-state index contributed by atoms with van der Waals surface area (Å²) in [6, 6.07) is 9.03. The molecule has 8 nitrogen and oxygen atoms in total. The molecule has 0 heterocycles. The highest BCUT2D eigenvalue weighted by atomic mass is 16.5. The van der Waals surface area contributed by atoms with Crippen molar-refractivity contribution in [2.75, 3.05) is 6.61 Å². The van der Waals surface area contributed by atoms with Crippen LogP contribution in [0.5, 0.6) is 0 Å². The average molecular weight is 412 g/mol. The third kappa shape index (κ3) is 5.11. The minimum atomic E-state index is -1.53. The number of rotatable bonds is 10. The molecule has 0 spiro atoms. The Morgan fingerprint density at radius 2 is 1.53 bits per heavy atom. The van der Waals surface area contributed by atoms with Gasteiger partial charge in [-0.2, -0.15) is 0 Å². The summed E-state index contributed by atoms with van der Waals surface area (Å²) in [4.78, 5) is 46.8. The number of carbonyl (C=O) groups is 4. The van der Waals surface area contributed by atoms with E-state index in [2.05, 4.69) is 6.58 Å². The van der Waals surface area contributed by atoms with E-state index in [0.717, 1.165) is 12.1 Å².